The fraction of sp³-hybridized carbons (Fsp3) is 0.722. The average molecular weight is 349 g/mol. The Balaban J connectivity index is 1.84. The minimum absolute atomic E-state index is 0.134. The molecule has 0 spiro atoms. The molecule has 7 nitrogen and oxygen atoms in total. The normalized spacial score (nSPS) is 17.5. The summed E-state index contributed by atoms with van der Waals surface area (Å²) >= 11 is 0. The van der Waals surface area contributed by atoms with Crippen LogP contribution in [-0.2, 0) is 4.79 Å². The molecule has 2 N–H and O–H groups in total. The van der Waals surface area contributed by atoms with E-state index in [4.69, 9.17) is 4.52 Å². The van der Waals surface area contributed by atoms with Gasteiger partial charge in [0.25, 0.3) is 0 Å². The first-order valence-corrected chi connectivity index (χ1v) is 9.05. The second kappa shape index (κ2) is 8.87. The highest BCUT2D eigenvalue weighted by atomic mass is 16.5. The number of hydrogen-bond donors (Lipinski definition) is 2. The fourth-order valence-corrected chi connectivity index (χ4v) is 3.59. The molecule has 1 aliphatic rings. The van der Waals surface area contributed by atoms with Crippen LogP contribution in [0.4, 0.5) is 0 Å². The van der Waals surface area contributed by atoms with Gasteiger partial charge in [0.2, 0.25) is 5.91 Å². The van der Waals surface area contributed by atoms with Gasteiger partial charge in [-0.15, -0.1) is 0 Å². The Kier molecular flexibility index (Phi) is 6.84. The van der Waals surface area contributed by atoms with Crippen molar-refractivity contribution in [3.05, 3.63) is 17.0 Å². The van der Waals surface area contributed by atoms with Crippen molar-refractivity contribution in [3.63, 3.8) is 0 Å². The van der Waals surface area contributed by atoms with Crippen LogP contribution >= 0.6 is 0 Å². The number of likely N-dealkylation sites (tertiary alicyclic amines) is 1. The van der Waals surface area contributed by atoms with E-state index in [0.717, 1.165) is 49.9 Å². The van der Waals surface area contributed by atoms with Crippen LogP contribution in [0.1, 0.15) is 49.1 Å². The Hall–Kier alpha value is -2.05. The zero-order valence-electron chi connectivity index (χ0n) is 16.1. The molecule has 1 aliphatic heterocycles. The van der Waals surface area contributed by atoms with E-state index in [2.05, 4.69) is 32.6 Å². The first-order valence-electron chi connectivity index (χ1n) is 9.05. The summed E-state index contributed by atoms with van der Waals surface area (Å²) < 4.78 is 5.27. The van der Waals surface area contributed by atoms with Crippen molar-refractivity contribution in [3.8, 4) is 0 Å². The van der Waals surface area contributed by atoms with Gasteiger partial charge in [-0.05, 0) is 32.6 Å². The molecule has 0 bridgehead atoms. The van der Waals surface area contributed by atoms with Crippen molar-refractivity contribution < 1.29 is 9.32 Å². The predicted molar refractivity (Wildman–Crippen MR) is 98.7 cm³/mol. The lowest BCUT2D eigenvalue weighted by Crippen LogP contribution is -2.46. The molecule has 2 heterocycles. The van der Waals surface area contributed by atoms with Crippen LogP contribution in [-0.4, -0.2) is 55.7 Å². The number of aromatic nitrogens is 1. The smallest absolute Gasteiger partial charge is 0.220 e. The summed E-state index contributed by atoms with van der Waals surface area (Å²) in [6, 6.07) is 0. The third kappa shape index (κ3) is 4.96. The van der Waals surface area contributed by atoms with Crippen LogP contribution in [0, 0.1) is 19.8 Å². The number of aliphatic imine (C=N–C) groups is 1. The van der Waals surface area contributed by atoms with Crippen molar-refractivity contribution in [2.75, 3.05) is 33.7 Å². The number of nitrogens with one attached hydrogen (secondary N) is 2. The molecule has 140 valence electrons. The molecule has 1 aromatic heterocycles. The van der Waals surface area contributed by atoms with Gasteiger partial charge < -0.3 is 20.1 Å². The zero-order valence-corrected chi connectivity index (χ0v) is 16.1. The number of piperidine rings is 1. The predicted octanol–water partition coefficient (Wildman–Crippen LogP) is 1.82. The monoisotopic (exact) mass is 349 g/mol. The van der Waals surface area contributed by atoms with Crippen LogP contribution in [0.2, 0.25) is 0 Å². The molecule has 1 aromatic rings. The van der Waals surface area contributed by atoms with Crippen LogP contribution in [0.25, 0.3) is 0 Å². The molecular weight excluding hydrogens is 318 g/mol. The second-order valence-electron chi connectivity index (χ2n) is 6.87. The number of rotatable bonds is 5. The molecule has 25 heavy (non-hydrogen) atoms. The molecule has 1 atom stereocenters. The minimum atomic E-state index is 0.134. The Bertz CT molecular complexity index is 583. The third-order valence-corrected chi connectivity index (χ3v) is 5.03. The van der Waals surface area contributed by atoms with Gasteiger partial charge in [-0.25, -0.2) is 0 Å². The summed E-state index contributed by atoms with van der Waals surface area (Å²) in [4.78, 5) is 18.2. The van der Waals surface area contributed by atoms with Crippen molar-refractivity contribution in [1.82, 2.24) is 20.7 Å². The maximum absolute atomic E-state index is 11.5. The summed E-state index contributed by atoms with van der Waals surface area (Å²) in [5, 5.41) is 10.2. The third-order valence-electron chi connectivity index (χ3n) is 5.03. The highest BCUT2D eigenvalue weighted by Crippen LogP contribution is 2.23. The van der Waals surface area contributed by atoms with Gasteiger partial charge >= 0.3 is 0 Å². The van der Waals surface area contributed by atoms with Gasteiger partial charge in [0.15, 0.2) is 5.96 Å². The quantitative estimate of drug-likeness (QED) is 0.626. The number of carbonyl (C=O) groups excluding carboxylic acids is 1. The maximum atomic E-state index is 11.5. The first kappa shape index (κ1) is 19.3. The van der Waals surface area contributed by atoms with Gasteiger partial charge in [-0.2, -0.15) is 0 Å². The van der Waals surface area contributed by atoms with Gasteiger partial charge in [-0.3, -0.25) is 9.79 Å². The van der Waals surface area contributed by atoms with E-state index in [0.29, 0.717) is 18.3 Å². The van der Waals surface area contributed by atoms with Gasteiger partial charge in [0.1, 0.15) is 5.76 Å². The summed E-state index contributed by atoms with van der Waals surface area (Å²) in [7, 11) is 3.52. The first-order chi connectivity index (χ1) is 12.0. The number of carbonyl (C=O) groups is 1. The van der Waals surface area contributed by atoms with E-state index >= 15 is 0 Å². The van der Waals surface area contributed by atoms with Crippen molar-refractivity contribution in [2.45, 2.75) is 46.0 Å². The molecule has 1 unspecified atom stereocenters. The molecule has 0 saturated carbocycles. The number of hydrogen-bond acceptors (Lipinski definition) is 4. The van der Waals surface area contributed by atoms with Crippen LogP contribution < -0.4 is 10.6 Å². The van der Waals surface area contributed by atoms with E-state index in [1.54, 1.807) is 7.05 Å². The minimum Gasteiger partial charge on any atom is -0.361 e. The number of amides is 1. The Morgan fingerprint density at radius 1 is 1.40 bits per heavy atom. The van der Waals surface area contributed by atoms with E-state index < -0.39 is 0 Å². The Morgan fingerprint density at radius 3 is 2.60 bits per heavy atom. The number of nitrogens with zero attached hydrogens (tertiary/aromatic N) is 3. The highest BCUT2D eigenvalue weighted by Gasteiger charge is 2.24. The molecular formula is C18H31N5O2. The van der Waals surface area contributed by atoms with Crippen molar-refractivity contribution >= 4 is 11.9 Å². The summed E-state index contributed by atoms with van der Waals surface area (Å²) in [6.45, 7) is 8.75. The van der Waals surface area contributed by atoms with E-state index in [9.17, 15) is 4.79 Å². The number of aryl methyl sites for hydroxylation is 2. The lowest BCUT2D eigenvalue weighted by atomic mass is 9.93. The van der Waals surface area contributed by atoms with Crippen molar-refractivity contribution in [1.29, 1.82) is 0 Å². The number of guanidine groups is 1. The summed E-state index contributed by atoms with van der Waals surface area (Å²) in [5.41, 5.74) is 2.13. The molecule has 1 saturated heterocycles. The SMILES string of the molecule is CN=C(NCC(C)c1c(C)noc1C)N1CCC(CC(=O)NC)CC1. The Labute approximate surface area is 150 Å². The molecule has 0 aromatic carbocycles. The van der Waals surface area contributed by atoms with Crippen LogP contribution in [0.15, 0.2) is 9.52 Å². The van der Waals surface area contributed by atoms with E-state index in [1.807, 2.05) is 20.9 Å². The molecule has 0 radical (unpaired) electrons. The van der Waals surface area contributed by atoms with Gasteiger partial charge in [0, 0.05) is 51.6 Å². The molecule has 7 heteroatoms. The molecule has 0 aliphatic carbocycles. The van der Waals surface area contributed by atoms with Crippen molar-refractivity contribution in [2.24, 2.45) is 10.9 Å². The van der Waals surface area contributed by atoms with Crippen LogP contribution in [0.5, 0.6) is 0 Å². The topological polar surface area (TPSA) is 82.8 Å². The average Bonchev–Trinajstić information content (AvgIpc) is 2.95. The van der Waals surface area contributed by atoms with E-state index in [1.165, 1.54) is 5.56 Å². The molecule has 1 fully saturated rings. The highest BCUT2D eigenvalue weighted by molar-refractivity contribution is 5.80. The fourth-order valence-electron chi connectivity index (χ4n) is 3.59. The van der Waals surface area contributed by atoms with Gasteiger partial charge in [0.05, 0.1) is 5.69 Å². The lowest BCUT2D eigenvalue weighted by Gasteiger charge is -2.34. The molecule has 1 amide bonds. The zero-order chi connectivity index (χ0) is 18.4. The summed E-state index contributed by atoms with van der Waals surface area (Å²) in [6.07, 6.45) is 2.67. The van der Waals surface area contributed by atoms with Crippen LogP contribution in [0.3, 0.4) is 0 Å². The van der Waals surface area contributed by atoms with Gasteiger partial charge in [-0.1, -0.05) is 12.1 Å². The second-order valence-corrected chi connectivity index (χ2v) is 6.87. The lowest BCUT2D eigenvalue weighted by molar-refractivity contribution is -0.121. The standard InChI is InChI=1S/C18H31N5O2/c1-12(17-13(2)22-25-14(17)3)11-21-18(20-5)23-8-6-15(7-9-23)10-16(24)19-4/h12,15H,6-11H2,1-5H3,(H,19,24)(H,20,21). The largest absolute Gasteiger partial charge is 0.361 e. The van der Waals surface area contributed by atoms with E-state index in [-0.39, 0.29) is 5.91 Å². The Morgan fingerprint density at radius 2 is 2.08 bits per heavy atom. The maximum Gasteiger partial charge on any atom is 0.220 e. The summed E-state index contributed by atoms with van der Waals surface area (Å²) in [5.74, 6) is 2.72. The molecule has 2 rings (SSSR count).